The van der Waals surface area contributed by atoms with Crippen LogP contribution in [0.15, 0.2) is 18.3 Å². The average molecular weight is 183 g/mol. The standard InChI is InChI=1S/C9H10FNO2/c1-7(12)13-6-9-4-8(5-10)2-3-11-9/h2-4H,5-6H2,1H3. The first-order valence-corrected chi connectivity index (χ1v) is 3.85. The topological polar surface area (TPSA) is 39.2 Å². The van der Waals surface area contributed by atoms with Crippen LogP contribution in [0.1, 0.15) is 18.2 Å². The first-order chi connectivity index (χ1) is 6.22. The molecule has 0 aromatic carbocycles. The van der Waals surface area contributed by atoms with Crippen LogP contribution < -0.4 is 0 Å². The van der Waals surface area contributed by atoms with Gasteiger partial charge in [-0.05, 0) is 17.7 Å². The second-order valence-corrected chi connectivity index (χ2v) is 2.57. The van der Waals surface area contributed by atoms with Crippen LogP contribution in [0.3, 0.4) is 0 Å². The molecule has 3 nitrogen and oxygen atoms in total. The molecule has 0 unspecified atom stereocenters. The van der Waals surface area contributed by atoms with E-state index in [1.165, 1.54) is 13.1 Å². The molecule has 0 bridgehead atoms. The van der Waals surface area contributed by atoms with E-state index in [9.17, 15) is 9.18 Å². The second-order valence-electron chi connectivity index (χ2n) is 2.57. The molecule has 0 aliphatic heterocycles. The van der Waals surface area contributed by atoms with Crippen LogP contribution in [0, 0.1) is 0 Å². The van der Waals surface area contributed by atoms with Crippen LogP contribution in [-0.2, 0) is 22.8 Å². The van der Waals surface area contributed by atoms with E-state index in [0.717, 1.165) is 0 Å². The largest absolute Gasteiger partial charge is 0.459 e. The van der Waals surface area contributed by atoms with Crippen LogP contribution in [0.5, 0.6) is 0 Å². The van der Waals surface area contributed by atoms with Crippen LogP contribution >= 0.6 is 0 Å². The number of carbonyl (C=O) groups excluding carboxylic acids is 1. The van der Waals surface area contributed by atoms with Crippen molar-refractivity contribution in [2.75, 3.05) is 0 Å². The zero-order chi connectivity index (χ0) is 9.68. The molecule has 4 heteroatoms. The predicted molar refractivity (Wildman–Crippen MR) is 44.5 cm³/mol. The summed E-state index contributed by atoms with van der Waals surface area (Å²) in [6, 6.07) is 3.15. The molecule has 0 atom stereocenters. The smallest absolute Gasteiger partial charge is 0.303 e. The molecule has 70 valence electrons. The van der Waals surface area contributed by atoms with Crippen molar-refractivity contribution in [2.45, 2.75) is 20.2 Å². The molecule has 1 rings (SSSR count). The van der Waals surface area contributed by atoms with Gasteiger partial charge in [-0.1, -0.05) is 0 Å². The maximum Gasteiger partial charge on any atom is 0.303 e. The van der Waals surface area contributed by atoms with Crippen molar-refractivity contribution in [1.29, 1.82) is 0 Å². The number of ether oxygens (including phenoxy) is 1. The summed E-state index contributed by atoms with van der Waals surface area (Å²) in [5, 5.41) is 0. The highest BCUT2D eigenvalue weighted by Gasteiger charge is 1.99. The van der Waals surface area contributed by atoms with Gasteiger partial charge in [-0.15, -0.1) is 0 Å². The van der Waals surface area contributed by atoms with Gasteiger partial charge in [-0.3, -0.25) is 9.78 Å². The molecule has 0 amide bonds. The average Bonchev–Trinajstić information content (AvgIpc) is 2.15. The van der Waals surface area contributed by atoms with E-state index in [0.29, 0.717) is 11.3 Å². The van der Waals surface area contributed by atoms with Crippen LogP contribution in [0.25, 0.3) is 0 Å². The molecule has 0 spiro atoms. The highest BCUT2D eigenvalue weighted by Crippen LogP contribution is 2.04. The van der Waals surface area contributed by atoms with Gasteiger partial charge >= 0.3 is 5.97 Å². The number of esters is 1. The van der Waals surface area contributed by atoms with Crippen LogP contribution in [0.4, 0.5) is 4.39 Å². The molecule has 0 aliphatic carbocycles. The van der Waals surface area contributed by atoms with E-state index in [1.54, 1.807) is 12.1 Å². The normalized spacial score (nSPS) is 9.69. The van der Waals surface area contributed by atoms with E-state index < -0.39 is 6.67 Å². The molecular formula is C9H10FNO2. The van der Waals surface area contributed by atoms with Gasteiger partial charge in [0.15, 0.2) is 0 Å². The minimum atomic E-state index is -0.532. The van der Waals surface area contributed by atoms with Crippen molar-refractivity contribution < 1.29 is 13.9 Å². The van der Waals surface area contributed by atoms with Crippen molar-refractivity contribution in [3.8, 4) is 0 Å². The number of aromatic nitrogens is 1. The summed E-state index contributed by atoms with van der Waals surface area (Å²) in [7, 11) is 0. The number of alkyl halides is 1. The van der Waals surface area contributed by atoms with Gasteiger partial charge in [0.1, 0.15) is 13.3 Å². The maximum atomic E-state index is 12.2. The predicted octanol–water partition coefficient (Wildman–Crippen LogP) is 1.61. The summed E-state index contributed by atoms with van der Waals surface area (Å²) in [5.74, 6) is -0.368. The molecule has 0 N–H and O–H groups in total. The van der Waals surface area contributed by atoms with Crippen molar-refractivity contribution in [2.24, 2.45) is 0 Å². The lowest BCUT2D eigenvalue weighted by atomic mass is 10.2. The maximum absolute atomic E-state index is 12.2. The first kappa shape index (κ1) is 9.64. The van der Waals surface area contributed by atoms with E-state index in [2.05, 4.69) is 4.98 Å². The number of nitrogens with zero attached hydrogens (tertiary/aromatic N) is 1. The Balaban J connectivity index is 2.61. The molecule has 0 radical (unpaired) electrons. The van der Waals surface area contributed by atoms with Gasteiger partial charge < -0.3 is 4.74 Å². The van der Waals surface area contributed by atoms with Gasteiger partial charge in [-0.2, -0.15) is 0 Å². The lowest BCUT2D eigenvalue weighted by Gasteiger charge is -2.01. The van der Waals surface area contributed by atoms with Gasteiger partial charge in [0, 0.05) is 13.1 Å². The van der Waals surface area contributed by atoms with Crippen molar-refractivity contribution in [1.82, 2.24) is 4.98 Å². The summed E-state index contributed by atoms with van der Waals surface area (Å²) >= 11 is 0. The molecular weight excluding hydrogens is 173 g/mol. The van der Waals surface area contributed by atoms with E-state index in [1.807, 2.05) is 0 Å². The van der Waals surface area contributed by atoms with E-state index >= 15 is 0 Å². The molecule has 0 saturated heterocycles. The highest BCUT2D eigenvalue weighted by molar-refractivity contribution is 5.65. The molecule has 0 fully saturated rings. The number of rotatable bonds is 3. The van der Waals surface area contributed by atoms with Gasteiger partial charge in [0.05, 0.1) is 5.69 Å². The van der Waals surface area contributed by atoms with Gasteiger partial charge in [0.2, 0.25) is 0 Å². The third-order valence-electron chi connectivity index (χ3n) is 1.46. The zero-order valence-electron chi connectivity index (χ0n) is 7.29. The molecule has 0 saturated carbocycles. The van der Waals surface area contributed by atoms with Crippen LogP contribution in [0.2, 0.25) is 0 Å². The number of pyridine rings is 1. The lowest BCUT2D eigenvalue weighted by Crippen LogP contribution is -2.00. The Bertz CT molecular complexity index is 301. The fraction of sp³-hybridized carbons (Fsp3) is 0.333. The summed E-state index contributed by atoms with van der Waals surface area (Å²) in [6.07, 6.45) is 1.49. The number of carbonyl (C=O) groups is 1. The van der Waals surface area contributed by atoms with Crippen LogP contribution in [-0.4, -0.2) is 11.0 Å². The number of halogens is 1. The molecule has 1 aromatic heterocycles. The Morgan fingerprint density at radius 3 is 3.08 bits per heavy atom. The number of hydrogen-bond acceptors (Lipinski definition) is 3. The van der Waals surface area contributed by atoms with Crippen molar-refractivity contribution in [3.63, 3.8) is 0 Å². The monoisotopic (exact) mass is 183 g/mol. The SMILES string of the molecule is CC(=O)OCc1cc(CF)ccn1. The summed E-state index contributed by atoms with van der Waals surface area (Å²) in [4.78, 5) is 14.4. The summed E-state index contributed by atoms with van der Waals surface area (Å²) in [6.45, 7) is 0.887. The van der Waals surface area contributed by atoms with Gasteiger partial charge in [0.25, 0.3) is 0 Å². The fourth-order valence-electron chi connectivity index (χ4n) is 0.866. The summed E-state index contributed by atoms with van der Waals surface area (Å²) < 4.78 is 16.9. The molecule has 0 aliphatic rings. The molecule has 13 heavy (non-hydrogen) atoms. The Kier molecular flexibility index (Phi) is 3.37. The molecule has 1 aromatic rings. The zero-order valence-corrected chi connectivity index (χ0v) is 7.29. The van der Waals surface area contributed by atoms with Crippen molar-refractivity contribution >= 4 is 5.97 Å². The lowest BCUT2D eigenvalue weighted by molar-refractivity contribution is -0.142. The fourth-order valence-corrected chi connectivity index (χ4v) is 0.866. The second kappa shape index (κ2) is 4.54. The first-order valence-electron chi connectivity index (χ1n) is 3.85. The third-order valence-corrected chi connectivity index (χ3v) is 1.46. The Morgan fingerprint density at radius 2 is 2.46 bits per heavy atom. The Labute approximate surface area is 75.6 Å². The Hall–Kier alpha value is -1.45. The minimum Gasteiger partial charge on any atom is -0.459 e. The van der Waals surface area contributed by atoms with E-state index in [-0.39, 0.29) is 12.6 Å². The number of hydrogen-bond donors (Lipinski definition) is 0. The van der Waals surface area contributed by atoms with Gasteiger partial charge in [-0.25, -0.2) is 4.39 Å². The third kappa shape index (κ3) is 3.19. The molecule has 1 heterocycles. The van der Waals surface area contributed by atoms with Crippen molar-refractivity contribution in [3.05, 3.63) is 29.6 Å². The summed E-state index contributed by atoms with van der Waals surface area (Å²) in [5.41, 5.74) is 1.10. The highest BCUT2D eigenvalue weighted by atomic mass is 19.1. The van der Waals surface area contributed by atoms with E-state index in [4.69, 9.17) is 4.74 Å². The minimum absolute atomic E-state index is 0.100. The Morgan fingerprint density at radius 1 is 1.69 bits per heavy atom. The quantitative estimate of drug-likeness (QED) is 0.668.